The minimum absolute atomic E-state index is 0.484. The molecule has 0 aliphatic carbocycles. The zero-order chi connectivity index (χ0) is 14.1. The molecule has 0 heterocycles. The quantitative estimate of drug-likeness (QED) is 0.585. The number of aliphatic carboxylic acids is 1. The molecule has 0 aliphatic heterocycles. The highest BCUT2D eigenvalue weighted by molar-refractivity contribution is 6.02. The van der Waals surface area contributed by atoms with Crippen LogP contribution in [0.15, 0.2) is 36.4 Å². The molecule has 1 amide bonds. The molecule has 1 aromatic rings. The third-order valence-electron chi connectivity index (χ3n) is 2.27. The van der Waals surface area contributed by atoms with Crippen molar-refractivity contribution in [2.24, 2.45) is 0 Å². The highest BCUT2D eigenvalue weighted by Crippen LogP contribution is 2.16. The largest absolute Gasteiger partial charge is 0.494 e. The summed E-state index contributed by atoms with van der Waals surface area (Å²) in [6, 6.07) is 6.92. The molecule has 0 saturated heterocycles. The summed E-state index contributed by atoms with van der Waals surface area (Å²) in [5.74, 6) is -0.899. The monoisotopic (exact) mass is 263 g/mol. The van der Waals surface area contributed by atoms with E-state index in [0.29, 0.717) is 12.3 Å². The molecule has 0 saturated carbocycles. The molecule has 5 heteroatoms. The van der Waals surface area contributed by atoms with Crippen molar-refractivity contribution < 1.29 is 19.4 Å². The fraction of sp³-hybridized carbons (Fsp3) is 0.286. The van der Waals surface area contributed by atoms with E-state index in [1.807, 2.05) is 0 Å². The molecule has 0 spiro atoms. The number of benzene rings is 1. The Bertz CT molecular complexity index is 451. The minimum Gasteiger partial charge on any atom is -0.494 e. The fourth-order valence-electron chi connectivity index (χ4n) is 1.30. The number of amides is 1. The number of nitrogens with one attached hydrogen (secondary N) is 1. The van der Waals surface area contributed by atoms with Gasteiger partial charge in [0, 0.05) is 17.8 Å². The zero-order valence-electron chi connectivity index (χ0n) is 10.8. The average molecular weight is 263 g/mol. The van der Waals surface area contributed by atoms with E-state index in [1.165, 1.54) is 0 Å². The Morgan fingerprint density at radius 1 is 1.26 bits per heavy atom. The molecule has 102 valence electrons. The molecular formula is C14H17NO4. The third-order valence-corrected chi connectivity index (χ3v) is 2.27. The standard InChI is InChI=1S/C14H17NO4/c1-2-3-10-19-12-6-4-11(5-7-12)15-13(16)8-9-14(17)18/h4-9H,2-3,10H2,1H3,(H,15,16)(H,17,18)/b9-8-. The van der Waals surface area contributed by atoms with Crippen molar-refractivity contribution in [1.29, 1.82) is 0 Å². The molecule has 0 atom stereocenters. The molecular weight excluding hydrogens is 246 g/mol. The SMILES string of the molecule is CCCCOc1ccc(NC(=O)/C=C\C(=O)O)cc1. The van der Waals surface area contributed by atoms with Gasteiger partial charge in [-0.2, -0.15) is 0 Å². The summed E-state index contributed by atoms with van der Waals surface area (Å²) in [7, 11) is 0. The van der Waals surface area contributed by atoms with Crippen LogP contribution in [0.25, 0.3) is 0 Å². The van der Waals surface area contributed by atoms with Crippen molar-refractivity contribution in [1.82, 2.24) is 0 Å². The van der Waals surface area contributed by atoms with E-state index in [9.17, 15) is 9.59 Å². The number of carbonyl (C=O) groups is 2. The van der Waals surface area contributed by atoms with Crippen LogP contribution in [0, 0.1) is 0 Å². The Labute approximate surface area is 111 Å². The van der Waals surface area contributed by atoms with Crippen LogP contribution in [0.3, 0.4) is 0 Å². The number of hydrogen-bond acceptors (Lipinski definition) is 3. The number of hydrogen-bond donors (Lipinski definition) is 2. The Kier molecular flexibility index (Phi) is 6.15. The second kappa shape index (κ2) is 7.92. The average Bonchev–Trinajstić information content (AvgIpc) is 2.39. The maximum atomic E-state index is 11.3. The molecule has 2 N–H and O–H groups in total. The van der Waals surface area contributed by atoms with Crippen LogP contribution >= 0.6 is 0 Å². The highest BCUT2D eigenvalue weighted by atomic mass is 16.5. The van der Waals surface area contributed by atoms with Crippen LogP contribution in [0.1, 0.15) is 19.8 Å². The lowest BCUT2D eigenvalue weighted by atomic mass is 10.3. The number of carboxylic acid groups (broad SMARTS) is 1. The summed E-state index contributed by atoms with van der Waals surface area (Å²) in [4.78, 5) is 21.6. The van der Waals surface area contributed by atoms with Gasteiger partial charge in [0.05, 0.1) is 6.61 Å². The zero-order valence-corrected chi connectivity index (χ0v) is 10.8. The summed E-state index contributed by atoms with van der Waals surface area (Å²) in [6.45, 7) is 2.76. The van der Waals surface area contributed by atoms with Gasteiger partial charge in [-0.25, -0.2) is 4.79 Å². The van der Waals surface area contributed by atoms with Crippen LogP contribution in [0.2, 0.25) is 0 Å². The lowest BCUT2D eigenvalue weighted by Crippen LogP contribution is -2.08. The third kappa shape index (κ3) is 6.26. The molecule has 0 bridgehead atoms. The van der Waals surface area contributed by atoms with Gasteiger partial charge in [-0.1, -0.05) is 13.3 Å². The van der Waals surface area contributed by atoms with E-state index in [-0.39, 0.29) is 0 Å². The molecule has 0 radical (unpaired) electrons. The predicted molar refractivity (Wildman–Crippen MR) is 72.3 cm³/mol. The van der Waals surface area contributed by atoms with Gasteiger partial charge in [0.2, 0.25) is 5.91 Å². The van der Waals surface area contributed by atoms with E-state index in [1.54, 1.807) is 24.3 Å². The Morgan fingerprint density at radius 2 is 1.95 bits per heavy atom. The van der Waals surface area contributed by atoms with Gasteiger partial charge in [-0.3, -0.25) is 4.79 Å². The van der Waals surface area contributed by atoms with Crippen molar-refractivity contribution in [2.75, 3.05) is 11.9 Å². The van der Waals surface area contributed by atoms with Crippen LogP contribution in [-0.2, 0) is 9.59 Å². The first-order chi connectivity index (χ1) is 9.11. The van der Waals surface area contributed by atoms with Crippen molar-refractivity contribution in [2.45, 2.75) is 19.8 Å². The molecule has 0 unspecified atom stereocenters. The first-order valence-electron chi connectivity index (χ1n) is 6.06. The lowest BCUT2D eigenvalue weighted by Gasteiger charge is -2.06. The number of anilines is 1. The second-order valence-corrected chi connectivity index (χ2v) is 3.89. The van der Waals surface area contributed by atoms with Crippen molar-refractivity contribution in [3.8, 4) is 5.75 Å². The lowest BCUT2D eigenvalue weighted by molar-refractivity contribution is -0.131. The molecule has 19 heavy (non-hydrogen) atoms. The minimum atomic E-state index is -1.16. The first-order valence-corrected chi connectivity index (χ1v) is 6.06. The predicted octanol–water partition coefficient (Wildman–Crippen LogP) is 2.44. The van der Waals surface area contributed by atoms with Crippen LogP contribution in [-0.4, -0.2) is 23.6 Å². The maximum absolute atomic E-state index is 11.3. The van der Waals surface area contributed by atoms with Crippen molar-refractivity contribution in [3.63, 3.8) is 0 Å². The smallest absolute Gasteiger partial charge is 0.328 e. The summed E-state index contributed by atoms with van der Waals surface area (Å²) < 4.78 is 5.48. The van der Waals surface area contributed by atoms with Crippen LogP contribution in [0.4, 0.5) is 5.69 Å². The van der Waals surface area contributed by atoms with E-state index in [2.05, 4.69) is 12.2 Å². The van der Waals surface area contributed by atoms with E-state index in [4.69, 9.17) is 9.84 Å². The van der Waals surface area contributed by atoms with Crippen molar-refractivity contribution >= 4 is 17.6 Å². The number of rotatable bonds is 7. The molecule has 0 fully saturated rings. The number of unbranched alkanes of at least 4 members (excludes halogenated alkanes) is 1. The van der Waals surface area contributed by atoms with Gasteiger partial charge in [0.15, 0.2) is 0 Å². The molecule has 0 aliphatic rings. The van der Waals surface area contributed by atoms with Crippen molar-refractivity contribution in [3.05, 3.63) is 36.4 Å². The summed E-state index contributed by atoms with van der Waals surface area (Å²) in [5, 5.41) is 10.9. The highest BCUT2D eigenvalue weighted by Gasteiger charge is 1.99. The Morgan fingerprint density at radius 3 is 2.53 bits per heavy atom. The topological polar surface area (TPSA) is 75.6 Å². The number of carbonyl (C=O) groups excluding carboxylic acids is 1. The fourth-order valence-corrected chi connectivity index (χ4v) is 1.30. The molecule has 0 aromatic heterocycles. The van der Waals surface area contributed by atoms with Gasteiger partial charge in [0.25, 0.3) is 0 Å². The first kappa shape index (κ1) is 14.8. The molecule has 5 nitrogen and oxygen atoms in total. The summed E-state index contributed by atoms with van der Waals surface area (Å²) >= 11 is 0. The number of carboxylic acids is 1. The van der Waals surface area contributed by atoms with Crippen LogP contribution < -0.4 is 10.1 Å². The summed E-state index contributed by atoms with van der Waals surface area (Å²) in [5.41, 5.74) is 0.586. The molecule has 1 aromatic carbocycles. The number of ether oxygens (including phenoxy) is 1. The Balaban J connectivity index is 2.47. The van der Waals surface area contributed by atoms with Gasteiger partial charge in [0.1, 0.15) is 5.75 Å². The van der Waals surface area contributed by atoms with Gasteiger partial charge in [-0.05, 0) is 30.7 Å². The van der Waals surface area contributed by atoms with Crippen LogP contribution in [0.5, 0.6) is 5.75 Å². The van der Waals surface area contributed by atoms with Gasteiger partial charge < -0.3 is 15.2 Å². The summed E-state index contributed by atoms with van der Waals surface area (Å²) in [6.07, 6.45) is 3.83. The van der Waals surface area contributed by atoms with E-state index < -0.39 is 11.9 Å². The normalized spacial score (nSPS) is 10.4. The Hall–Kier alpha value is -2.30. The van der Waals surface area contributed by atoms with E-state index in [0.717, 1.165) is 30.7 Å². The van der Waals surface area contributed by atoms with E-state index >= 15 is 0 Å². The maximum Gasteiger partial charge on any atom is 0.328 e. The second-order valence-electron chi connectivity index (χ2n) is 3.89. The molecule has 1 rings (SSSR count). The van der Waals surface area contributed by atoms with Gasteiger partial charge >= 0.3 is 5.97 Å². The van der Waals surface area contributed by atoms with Gasteiger partial charge in [-0.15, -0.1) is 0 Å².